The average molecular weight is 269 g/mol. The first-order valence-electron chi connectivity index (χ1n) is 5.61. The van der Waals surface area contributed by atoms with Crippen molar-refractivity contribution in [3.63, 3.8) is 0 Å². The Morgan fingerprint density at radius 1 is 0.889 bits per heavy atom. The predicted octanol–water partition coefficient (Wildman–Crippen LogP) is -4.24. The lowest BCUT2D eigenvalue weighted by molar-refractivity contribution is -0.115. The van der Waals surface area contributed by atoms with Crippen molar-refractivity contribution >= 4 is 0 Å². The molecule has 0 radical (unpaired) electrons. The third kappa shape index (κ3) is 5.12. The van der Waals surface area contributed by atoms with Gasteiger partial charge in [-0.25, -0.2) is 0 Å². The van der Waals surface area contributed by atoms with Gasteiger partial charge in [0.15, 0.2) is 0 Å². The van der Waals surface area contributed by atoms with E-state index in [1.165, 1.54) is 6.92 Å². The van der Waals surface area contributed by atoms with Crippen LogP contribution in [0.3, 0.4) is 0 Å². The van der Waals surface area contributed by atoms with Crippen molar-refractivity contribution in [3.05, 3.63) is 0 Å². The number of nitrogens with one attached hydrogen (secondary N) is 1. The first kappa shape index (κ1) is 17.7. The molecule has 4 atom stereocenters. The van der Waals surface area contributed by atoms with Crippen molar-refractivity contribution in [2.24, 2.45) is 0 Å². The van der Waals surface area contributed by atoms with Crippen LogP contribution in [0, 0.1) is 0 Å². The van der Waals surface area contributed by atoms with Crippen LogP contribution >= 0.6 is 0 Å². The van der Waals surface area contributed by atoms with Crippen molar-refractivity contribution in [2.45, 2.75) is 36.9 Å². The molecule has 8 nitrogen and oxygen atoms in total. The molecule has 0 rings (SSSR count). The second-order valence-electron chi connectivity index (χ2n) is 4.56. The van der Waals surface area contributed by atoms with Crippen LogP contribution in [0.4, 0.5) is 0 Å². The van der Waals surface area contributed by atoms with Crippen LogP contribution < -0.4 is 5.32 Å². The lowest BCUT2D eigenvalue weighted by Crippen LogP contribution is -2.55. The van der Waals surface area contributed by atoms with Crippen molar-refractivity contribution in [1.82, 2.24) is 5.32 Å². The van der Waals surface area contributed by atoms with Crippen molar-refractivity contribution < 1.29 is 35.7 Å². The Bertz CT molecular complexity index is 224. The predicted molar refractivity (Wildman–Crippen MR) is 61.7 cm³/mol. The quantitative estimate of drug-likeness (QED) is 0.209. The highest BCUT2D eigenvalue weighted by atomic mass is 16.4. The summed E-state index contributed by atoms with van der Waals surface area (Å²) >= 11 is 0. The van der Waals surface area contributed by atoms with Crippen LogP contribution in [0.1, 0.15) is 6.92 Å². The Morgan fingerprint density at radius 2 is 1.33 bits per heavy atom. The van der Waals surface area contributed by atoms with Crippen LogP contribution in [0.25, 0.3) is 0 Å². The monoisotopic (exact) mass is 269 g/mol. The number of aliphatic hydroxyl groups is 7. The molecular formula is C10H23NO7. The van der Waals surface area contributed by atoms with Gasteiger partial charge in [-0.05, 0) is 6.92 Å². The molecule has 0 spiro atoms. The van der Waals surface area contributed by atoms with E-state index in [1.54, 1.807) is 0 Å². The zero-order chi connectivity index (χ0) is 14.3. The van der Waals surface area contributed by atoms with Crippen molar-refractivity contribution in [2.75, 3.05) is 26.4 Å². The number of rotatable bonds is 9. The Balaban J connectivity index is 4.28. The van der Waals surface area contributed by atoms with Gasteiger partial charge >= 0.3 is 0 Å². The van der Waals surface area contributed by atoms with Gasteiger partial charge in [0.05, 0.1) is 31.5 Å². The molecule has 0 aliphatic heterocycles. The van der Waals surface area contributed by atoms with Crippen LogP contribution in [0.15, 0.2) is 0 Å². The minimum atomic E-state index is -1.69. The Labute approximate surface area is 105 Å². The molecule has 0 heterocycles. The fraction of sp³-hybridized carbons (Fsp3) is 1.00. The summed E-state index contributed by atoms with van der Waals surface area (Å²) in [6, 6.07) is 0. The van der Waals surface area contributed by atoms with Crippen LogP contribution in [0.5, 0.6) is 0 Å². The van der Waals surface area contributed by atoms with Crippen molar-refractivity contribution in [3.8, 4) is 0 Å². The van der Waals surface area contributed by atoms with Gasteiger partial charge in [0, 0.05) is 6.54 Å². The maximum Gasteiger partial charge on any atom is 0.111 e. The van der Waals surface area contributed by atoms with Gasteiger partial charge in [0.2, 0.25) is 0 Å². The van der Waals surface area contributed by atoms with Crippen LogP contribution in [-0.2, 0) is 0 Å². The van der Waals surface area contributed by atoms with E-state index in [0.29, 0.717) is 0 Å². The summed E-state index contributed by atoms with van der Waals surface area (Å²) in [5.41, 5.74) is -1.03. The van der Waals surface area contributed by atoms with Gasteiger partial charge < -0.3 is 41.1 Å². The molecule has 8 N–H and O–H groups in total. The average Bonchev–Trinajstić information content (AvgIpc) is 2.41. The summed E-state index contributed by atoms with van der Waals surface area (Å²) in [6.45, 7) is -0.218. The molecule has 0 amide bonds. The Morgan fingerprint density at radius 3 is 1.72 bits per heavy atom. The fourth-order valence-corrected chi connectivity index (χ4v) is 1.20. The van der Waals surface area contributed by atoms with Gasteiger partial charge in [-0.1, -0.05) is 0 Å². The van der Waals surface area contributed by atoms with E-state index in [4.69, 9.17) is 20.4 Å². The van der Waals surface area contributed by atoms with Crippen LogP contribution in [-0.4, -0.2) is 92.1 Å². The Kier molecular flexibility index (Phi) is 7.83. The molecule has 18 heavy (non-hydrogen) atoms. The highest BCUT2D eigenvalue weighted by molar-refractivity contribution is 4.86. The molecule has 0 saturated carbocycles. The first-order valence-corrected chi connectivity index (χ1v) is 5.61. The number of hydrogen-bond acceptors (Lipinski definition) is 8. The second kappa shape index (κ2) is 7.97. The van der Waals surface area contributed by atoms with E-state index in [-0.39, 0.29) is 19.8 Å². The van der Waals surface area contributed by atoms with E-state index < -0.39 is 36.6 Å². The zero-order valence-electron chi connectivity index (χ0n) is 10.3. The summed E-state index contributed by atoms with van der Waals surface area (Å²) in [4.78, 5) is 0. The van der Waals surface area contributed by atoms with E-state index in [0.717, 1.165) is 0 Å². The number of β-amino-alcohol motifs (C(OH)–C–C–N with tert-alkyl or cyclic N) is 1. The highest BCUT2D eigenvalue weighted by Gasteiger charge is 2.31. The smallest absolute Gasteiger partial charge is 0.111 e. The number of aliphatic hydroxyl groups excluding tert-OH is 7. The van der Waals surface area contributed by atoms with E-state index in [9.17, 15) is 15.3 Å². The standard InChI is InChI=1S/C10H23NO7/c1-10(4-13,5-14)11-2-6(15)8(17)9(18)7(16)3-12/h6-9,11-18H,2-5H2,1H3/t6-,7+,8+,9+/m0/s1. The summed E-state index contributed by atoms with van der Waals surface area (Å²) in [7, 11) is 0. The van der Waals surface area contributed by atoms with E-state index in [1.807, 2.05) is 0 Å². The third-order valence-corrected chi connectivity index (χ3v) is 2.76. The van der Waals surface area contributed by atoms with Gasteiger partial charge in [0.25, 0.3) is 0 Å². The summed E-state index contributed by atoms with van der Waals surface area (Å²) in [6.07, 6.45) is -6.35. The molecule has 0 aliphatic rings. The maximum atomic E-state index is 9.56. The maximum absolute atomic E-state index is 9.56. The first-order chi connectivity index (χ1) is 8.31. The minimum absolute atomic E-state index is 0.214. The molecule has 0 aromatic carbocycles. The number of hydrogen-bond donors (Lipinski definition) is 8. The molecule has 110 valence electrons. The zero-order valence-corrected chi connectivity index (χ0v) is 10.3. The molecule has 0 aromatic heterocycles. The molecule has 8 heteroatoms. The summed E-state index contributed by atoms with van der Waals surface area (Å²) < 4.78 is 0. The molecule has 0 aliphatic carbocycles. The SMILES string of the molecule is CC(CO)(CO)NC[C@H](O)[C@@H](O)[C@H](O)[C@H](O)CO. The highest BCUT2D eigenvalue weighted by Crippen LogP contribution is 2.06. The van der Waals surface area contributed by atoms with E-state index in [2.05, 4.69) is 5.32 Å². The third-order valence-electron chi connectivity index (χ3n) is 2.76. The van der Waals surface area contributed by atoms with Crippen molar-refractivity contribution in [1.29, 1.82) is 0 Å². The molecule has 0 fully saturated rings. The Hall–Kier alpha value is -0.320. The minimum Gasteiger partial charge on any atom is -0.394 e. The topological polar surface area (TPSA) is 154 Å². The van der Waals surface area contributed by atoms with Gasteiger partial charge in [-0.15, -0.1) is 0 Å². The van der Waals surface area contributed by atoms with Gasteiger partial charge in [-0.2, -0.15) is 0 Å². The lowest BCUT2D eigenvalue weighted by atomic mass is 10.0. The molecule has 0 unspecified atom stereocenters. The molecule has 0 aromatic rings. The van der Waals surface area contributed by atoms with E-state index >= 15 is 0 Å². The van der Waals surface area contributed by atoms with Gasteiger partial charge in [-0.3, -0.25) is 0 Å². The lowest BCUT2D eigenvalue weighted by Gasteiger charge is -2.30. The van der Waals surface area contributed by atoms with Crippen LogP contribution in [0.2, 0.25) is 0 Å². The largest absolute Gasteiger partial charge is 0.394 e. The summed E-state index contributed by atoms with van der Waals surface area (Å²) in [5.74, 6) is 0. The molecule has 0 saturated heterocycles. The summed E-state index contributed by atoms with van der Waals surface area (Å²) in [5, 5.41) is 66.7. The molecular weight excluding hydrogens is 246 g/mol. The molecule has 0 bridgehead atoms. The normalized spacial score (nSPS) is 19.3. The van der Waals surface area contributed by atoms with Gasteiger partial charge in [0.1, 0.15) is 18.3 Å². The second-order valence-corrected chi connectivity index (χ2v) is 4.56. The fourth-order valence-electron chi connectivity index (χ4n) is 1.20.